The van der Waals surface area contributed by atoms with E-state index in [9.17, 15) is 5.11 Å². The molecule has 2 unspecified atom stereocenters. The zero-order valence-electron chi connectivity index (χ0n) is 9.29. The van der Waals surface area contributed by atoms with Crippen LogP contribution in [-0.2, 0) is 4.74 Å². The zero-order chi connectivity index (χ0) is 11.4. The number of ether oxygens (including phenoxy) is 1. The van der Waals surface area contributed by atoms with E-state index in [2.05, 4.69) is 0 Å². The highest BCUT2D eigenvalue weighted by Crippen LogP contribution is 2.36. The molecule has 0 amide bonds. The first-order valence-electron chi connectivity index (χ1n) is 4.98. The van der Waals surface area contributed by atoms with E-state index in [1.54, 1.807) is 7.11 Å². The Bertz CT molecular complexity index is 312. The number of halogens is 1. The molecule has 0 aliphatic heterocycles. The van der Waals surface area contributed by atoms with E-state index >= 15 is 0 Å². The predicted molar refractivity (Wildman–Crippen MR) is 64.7 cm³/mol. The molecule has 4 heteroatoms. The van der Waals surface area contributed by atoms with Crippen molar-refractivity contribution < 1.29 is 9.84 Å². The van der Waals surface area contributed by atoms with Gasteiger partial charge in [0.05, 0.1) is 16.0 Å². The number of aryl methyl sites for hydroxylation is 1. The average molecular weight is 249 g/mol. The van der Waals surface area contributed by atoms with Crippen LogP contribution in [0.4, 0.5) is 0 Å². The molecule has 2 nitrogen and oxygen atoms in total. The van der Waals surface area contributed by atoms with Gasteiger partial charge < -0.3 is 9.84 Å². The molecule has 15 heavy (non-hydrogen) atoms. The molecule has 1 rings (SSSR count). The Morgan fingerprint density at radius 3 is 2.73 bits per heavy atom. The van der Waals surface area contributed by atoms with Crippen molar-refractivity contribution in [1.82, 2.24) is 0 Å². The normalized spacial score (nSPS) is 15.3. The molecule has 1 aromatic rings. The lowest BCUT2D eigenvalue weighted by molar-refractivity contribution is 0.0912. The van der Waals surface area contributed by atoms with Crippen LogP contribution in [0.2, 0.25) is 5.02 Å². The van der Waals surface area contributed by atoms with Crippen molar-refractivity contribution in [3.8, 4) is 0 Å². The fourth-order valence-corrected chi connectivity index (χ4v) is 2.79. The molecule has 0 radical (unpaired) electrons. The Kier molecular flexibility index (Phi) is 5.06. The molecule has 2 atom stereocenters. The summed E-state index contributed by atoms with van der Waals surface area (Å²) in [6, 6.07) is 0. The van der Waals surface area contributed by atoms with E-state index in [0.29, 0.717) is 11.6 Å². The Morgan fingerprint density at radius 1 is 1.60 bits per heavy atom. The molecular weight excluding hydrogens is 232 g/mol. The average Bonchev–Trinajstić information content (AvgIpc) is 2.55. The molecule has 0 spiro atoms. The first-order chi connectivity index (χ1) is 7.07. The summed E-state index contributed by atoms with van der Waals surface area (Å²) in [5, 5.41) is 12.8. The summed E-state index contributed by atoms with van der Waals surface area (Å²) in [6.07, 6.45) is 0.358. The highest BCUT2D eigenvalue weighted by atomic mass is 35.5. The van der Waals surface area contributed by atoms with E-state index in [1.807, 2.05) is 19.2 Å². The summed E-state index contributed by atoms with van der Waals surface area (Å²) in [5.74, 6) is 0.167. The smallest absolute Gasteiger partial charge is 0.0923 e. The topological polar surface area (TPSA) is 29.5 Å². The second kappa shape index (κ2) is 5.85. The van der Waals surface area contributed by atoms with Gasteiger partial charge in [-0.05, 0) is 30.2 Å². The summed E-state index contributed by atoms with van der Waals surface area (Å²) in [7, 11) is 1.67. The second-order valence-electron chi connectivity index (χ2n) is 3.80. The summed E-state index contributed by atoms with van der Waals surface area (Å²) in [5.41, 5.74) is 1.04. The van der Waals surface area contributed by atoms with Gasteiger partial charge in [-0.25, -0.2) is 0 Å². The number of aliphatic hydroxyl groups is 1. The third-order valence-corrected chi connectivity index (χ3v) is 4.29. The van der Waals surface area contributed by atoms with Crippen molar-refractivity contribution in [2.75, 3.05) is 13.7 Å². The van der Waals surface area contributed by atoms with Gasteiger partial charge in [0.1, 0.15) is 0 Å². The van der Waals surface area contributed by atoms with E-state index in [1.165, 1.54) is 11.3 Å². The van der Waals surface area contributed by atoms with Crippen LogP contribution in [-0.4, -0.2) is 18.8 Å². The van der Waals surface area contributed by atoms with Gasteiger partial charge in [-0.2, -0.15) is 0 Å². The Balaban J connectivity index is 2.67. The van der Waals surface area contributed by atoms with Gasteiger partial charge in [0.25, 0.3) is 0 Å². The highest BCUT2D eigenvalue weighted by Gasteiger charge is 2.21. The van der Waals surface area contributed by atoms with Crippen LogP contribution in [0, 0.1) is 12.8 Å². The number of rotatable bonds is 5. The minimum atomic E-state index is -0.480. The maximum absolute atomic E-state index is 10.1. The fraction of sp³-hybridized carbons (Fsp3) is 0.636. The summed E-state index contributed by atoms with van der Waals surface area (Å²) in [4.78, 5) is 0.873. The molecule has 0 saturated heterocycles. The van der Waals surface area contributed by atoms with Crippen LogP contribution < -0.4 is 0 Å². The number of hydrogen-bond donors (Lipinski definition) is 1. The number of hydrogen-bond acceptors (Lipinski definition) is 3. The lowest BCUT2D eigenvalue weighted by Crippen LogP contribution is -2.10. The minimum absolute atomic E-state index is 0.167. The van der Waals surface area contributed by atoms with Crippen molar-refractivity contribution >= 4 is 22.9 Å². The second-order valence-corrected chi connectivity index (χ2v) is 5.09. The molecule has 1 heterocycles. The van der Waals surface area contributed by atoms with E-state index in [4.69, 9.17) is 16.3 Å². The molecule has 0 aromatic carbocycles. The van der Waals surface area contributed by atoms with Crippen LogP contribution >= 0.6 is 22.9 Å². The summed E-state index contributed by atoms with van der Waals surface area (Å²) >= 11 is 7.62. The van der Waals surface area contributed by atoms with Crippen LogP contribution in [0.5, 0.6) is 0 Å². The lowest BCUT2D eigenvalue weighted by Gasteiger charge is -2.17. The maximum atomic E-state index is 10.1. The van der Waals surface area contributed by atoms with Gasteiger partial charge in [-0.15, -0.1) is 11.3 Å². The van der Waals surface area contributed by atoms with Crippen LogP contribution in [0.1, 0.15) is 29.9 Å². The lowest BCUT2D eigenvalue weighted by atomic mass is 10.00. The van der Waals surface area contributed by atoms with E-state index in [0.717, 1.165) is 16.9 Å². The molecule has 0 aliphatic rings. The van der Waals surface area contributed by atoms with Gasteiger partial charge in [-0.3, -0.25) is 0 Å². The van der Waals surface area contributed by atoms with Crippen LogP contribution in [0.3, 0.4) is 0 Å². The monoisotopic (exact) mass is 248 g/mol. The molecule has 0 bridgehead atoms. The summed E-state index contributed by atoms with van der Waals surface area (Å²) in [6.45, 7) is 4.63. The molecule has 0 aliphatic carbocycles. The van der Waals surface area contributed by atoms with Crippen molar-refractivity contribution in [2.45, 2.75) is 26.4 Å². The van der Waals surface area contributed by atoms with Crippen LogP contribution in [0.15, 0.2) is 5.38 Å². The molecule has 1 aromatic heterocycles. The standard InChI is InChI=1S/C11H17ClO2S/c1-7(4-5-14-3)10(13)11-9(12)8(2)6-15-11/h6-7,10,13H,4-5H2,1-3H3. The van der Waals surface area contributed by atoms with Crippen molar-refractivity contribution in [1.29, 1.82) is 0 Å². The fourth-order valence-electron chi connectivity index (χ4n) is 1.37. The van der Waals surface area contributed by atoms with Crippen LogP contribution in [0.25, 0.3) is 0 Å². The van der Waals surface area contributed by atoms with Gasteiger partial charge in [0, 0.05) is 13.7 Å². The third kappa shape index (κ3) is 3.18. The SMILES string of the molecule is COCCC(C)C(O)c1scc(C)c1Cl. The predicted octanol–water partition coefficient (Wildman–Crippen LogP) is 3.42. The Hall–Kier alpha value is -0.0900. The van der Waals surface area contributed by atoms with Gasteiger partial charge in [0.2, 0.25) is 0 Å². The van der Waals surface area contributed by atoms with Gasteiger partial charge in [0.15, 0.2) is 0 Å². The molecule has 1 N–H and O–H groups in total. The number of aliphatic hydroxyl groups excluding tert-OH is 1. The van der Waals surface area contributed by atoms with Gasteiger partial charge in [-0.1, -0.05) is 18.5 Å². The van der Waals surface area contributed by atoms with E-state index < -0.39 is 6.10 Å². The first-order valence-corrected chi connectivity index (χ1v) is 6.24. The first kappa shape index (κ1) is 13.0. The Labute approximate surface area is 99.8 Å². The quantitative estimate of drug-likeness (QED) is 0.865. The molecule has 0 fully saturated rings. The van der Waals surface area contributed by atoms with Crippen molar-refractivity contribution in [3.05, 3.63) is 20.8 Å². The van der Waals surface area contributed by atoms with E-state index in [-0.39, 0.29) is 5.92 Å². The molecule has 0 saturated carbocycles. The Morgan fingerprint density at radius 2 is 2.27 bits per heavy atom. The number of thiophene rings is 1. The maximum Gasteiger partial charge on any atom is 0.0923 e. The molecular formula is C11H17ClO2S. The minimum Gasteiger partial charge on any atom is -0.387 e. The summed E-state index contributed by atoms with van der Waals surface area (Å²) < 4.78 is 4.99. The van der Waals surface area contributed by atoms with Crippen molar-refractivity contribution in [3.63, 3.8) is 0 Å². The largest absolute Gasteiger partial charge is 0.387 e. The third-order valence-electron chi connectivity index (χ3n) is 2.51. The zero-order valence-corrected chi connectivity index (χ0v) is 10.9. The van der Waals surface area contributed by atoms with Crippen molar-refractivity contribution in [2.24, 2.45) is 5.92 Å². The molecule has 86 valence electrons. The van der Waals surface area contributed by atoms with Gasteiger partial charge >= 0.3 is 0 Å². The number of methoxy groups -OCH3 is 1. The highest BCUT2D eigenvalue weighted by molar-refractivity contribution is 7.10.